The molecule has 3 N–H and O–H groups in total. The Bertz CT molecular complexity index is 559. The highest BCUT2D eigenvalue weighted by atomic mass is 19.1. The SMILES string of the molecule is CC1CCCC1C(=O)Nc1ccc(F)cc1C#CCN. The first-order chi connectivity index (χ1) is 9.61. The van der Waals surface area contributed by atoms with Crippen LogP contribution in [0.4, 0.5) is 10.1 Å². The van der Waals surface area contributed by atoms with Crippen molar-refractivity contribution in [3.05, 3.63) is 29.6 Å². The van der Waals surface area contributed by atoms with Crippen molar-refractivity contribution in [2.75, 3.05) is 11.9 Å². The number of rotatable bonds is 2. The van der Waals surface area contributed by atoms with Crippen LogP contribution < -0.4 is 11.1 Å². The molecule has 0 radical (unpaired) electrons. The molecule has 0 heterocycles. The number of carbonyl (C=O) groups excluding carboxylic acids is 1. The average molecular weight is 274 g/mol. The van der Waals surface area contributed by atoms with Crippen molar-refractivity contribution in [2.45, 2.75) is 26.2 Å². The maximum Gasteiger partial charge on any atom is 0.227 e. The van der Waals surface area contributed by atoms with E-state index in [4.69, 9.17) is 5.73 Å². The number of nitrogens with two attached hydrogens (primary N) is 1. The van der Waals surface area contributed by atoms with Crippen LogP contribution in [0, 0.1) is 29.5 Å². The highest BCUT2D eigenvalue weighted by Gasteiger charge is 2.29. The summed E-state index contributed by atoms with van der Waals surface area (Å²) in [6.45, 7) is 2.29. The number of benzene rings is 1. The van der Waals surface area contributed by atoms with E-state index in [1.807, 2.05) is 0 Å². The molecule has 4 heteroatoms. The molecule has 1 aromatic carbocycles. The van der Waals surface area contributed by atoms with E-state index in [1.165, 1.54) is 12.1 Å². The molecule has 2 unspecified atom stereocenters. The zero-order chi connectivity index (χ0) is 14.5. The minimum atomic E-state index is -0.376. The second kappa shape index (κ2) is 6.53. The van der Waals surface area contributed by atoms with Crippen LogP contribution >= 0.6 is 0 Å². The van der Waals surface area contributed by atoms with Gasteiger partial charge in [0.25, 0.3) is 0 Å². The number of hydrogen-bond acceptors (Lipinski definition) is 2. The van der Waals surface area contributed by atoms with Crippen molar-refractivity contribution in [3.63, 3.8) is 0 Å². The quantitative estimate of drug-likeness (QED) is 0.814. The normalized spacial score (nSPS) is 21.1. The molecule has 1 aliphatic rings. The Morgan fingerprint density at radius 1 is 1.50 bits per heavy atom. The molecule has 0 spiro atoms. The fraction of sp³-hybridized carbons (Fsp3) is 0.438. The van der Waals surface area contributed by atoms with Crippen LogP contribution in [-0.4, -0.2) is 12.5 Å². The van der Waals surface area contributed by atoms with Crippen LogP contribution in [-0.2, 0) is 4.79 Å². The first-order valence-electron chi connectivity index (χ1n) is 6.91. The van der Waals surface area contributed by atoms with Crippen molar-refractivity contribution in [3.8, 4) is 11.8 Å². The summed E-state index contributed by atoms with van der Waals surface area (Å²) in [5.41, 5.74) is 6.35. The molecule has 0 saturated heterocycles. The van der Waals surface area contributed by atoms with Crippen LogP contribution in [0.1, 0.15) is 31.7 Å². The third kappa shape index (κ3) is 3.37. The maximum atomic E-state index is 13.3. The Balaban J connectivity index is 2.18. The monoisotopic (exact) mass is 274 g/mol. The highest BCUT2D eigenvalue weighted by molar-refractivity contribution is 5.94. The summed E-state index contributed by atoms with van der Waals surface area (Å²) in [7, 11) is 0. The summed E-state index contributed by atoms with van der Waals surface area (Å²) in [5.74, 6) is 5.53. The number of anilines is 1. The van der Waals surface area contributed by atoms with Gasteiger partial charge in [-0.3, -0.25) is 4.79 Å². The van der Waals surface area contributed by atoms with Gasteiger partial charge in [-0.05, 0) is 37.0 Å². The lowest BCUT2D eigenvalue weighted by molar-refractivity contribution is -0.120. The van der Waals surface area contributed by atoms with Crippen molar-refractivity contribution >= 4 is 11.6 Å². The molecule has 1 amide bonds. The van der Waals surface area contributed by atoms with E-state index in [1.54, 1.807) is 6.07 Å². The van der Waals surface area contributed by atoms with E-state index in [9.17, 15) is 9.18 Å². The van der Waals surface area contributed by atoms with E-state index in [0.717, 1.165) is 19.3 Å². The van der Waals surface area contributed by atoms with Gasteiger partial charge in [-0.2, -0.15) is 0 Å². The fourth-order valence-corrected chi connectivity index (χ4v) is 2.64. The van der Waals surface area contributed by atoms with Gasteiger partial charge in [-0.15, -0.1) is 0 Å². The molecule has 20 heavy (non-hydrogen) atoms. The summed E-state index contributed by atoms with van der Waals surface area (Å²) in [4.78, 5) is 12.3. The Hall–Kier alpha value is -1.86. The van der Waals surface area contributed by atoms with Crippen molar-refractivity contribution in [1.82, 2.24) is 0 Å². The Morgan fingerprint density at radius 2 is 2.30 bits per heavy atom. The zero-order valence-corrected chi connectivity index (χ0v) is 11.6. The standard InChI is InChI=1S/C16H19FN2O/c1-11-4-2-6-14(11)16(20)19-15-8-7-13(17)10-12(15)5-3-9-18/h7-8,10-11,14H,2,4,6,9,18H2,1H3,(H,19,20). The molecule has 2 atom stereocenters. The third-order valence-corrected chi connectivity index (χ3v) is 3.76. The summed E-state index contributed by atoms with van der Waals surface area (Å²) < 4.78 is 13.3. The number of hydrogen-bond donors (Lipinski definition) is 2. The van der Waals surface area contributed by atoms with Crippen molar-refractivity contribution in [1.29, 1.82) is 0 Å². The molecule has 2 rings (SSSR count). The van der Waals surface area contributed by atoms with Gasteiger partial charge in [0, 0.05) is 5.92 Å². The van der Waals surface area contributed by atoms with Gasteiger partial charge in [0.05, 0.1) is 17.8 Å². The van der Waals surface area contributed by atoms with E-state index < -0.39 is 0 Å². The van der Waals surface area contributed by atoms with E-state index in [-0.39, 0.29) is 24.2 Å². The van der Waals surface area contributed by atoms with Gasteiger partial charge in [0.1, 0.15) is 5.82 Å². The lowest BCUT2D eigenvalue weighted by atomic mass is 9.97. The van der Waals surface area contributed by atoms with Crippen LogP contribution in [0.3, 0.4) is 0 Å². The Labute approximate surface area is 118 Å². The zero-order valence-electron chi connectivity index (χ0n) is 11.6. The fourth-order valence-electron chi connectivity index (χ4n) is 2.64. The highest BCUT2D eigenvalue weighted by Crippen LogP contribution is 2.32. The average Bonchev–Trinajstić information content (AvgIpc) is 2.85. The van der Waals surface area contributed by atoms with Gasteiger partial charge in [0.15, 0.2) is 0 Å². The molecule has 0 bridgehead atoms. The maximum absolute atomic E-state index is 13.3. The van der Waals surface area contributed by atoms with Gasteiger partial charge in [-0.1, -0.05) is 25.2 Å². The van der Waals surface area contributed by atoms with Crippen LogP contribution in [0.25, 0.3) is 0 Å². The minimum absolute atomic E-state index is 0.00240. The van der Waals surface area contributed by atoms with Gasteiger partial charge in [0.2, 0.25) is 5.91 Å². The number of amides is 1. The summed E-state index contributed by atoms with van der Waals surface area (Å²) >= 11 is 0. The summed E-state index contributed by atoms with van der Waals surface area (Å²) in [6.07, 6.45) is 3.09. The second-order valence-corrected chi connectivity index (χ2v) is 5.20. The van der Waals surface area contributed by atoms with Gasteiger partial charge < -0.3 is 11.1 Å². The third-order valence-electron chi connectivity index (χ3n) is 3.76. The van der Waals surface area contributed by atoms with E-state index in [0.29, 0.717) is 17.2 Å². The van der Waals surface area contributed by atoms with Gasteiger partial charge >= 0.3 is 0 Å². The van der Waals surface area contributed by atoms with Gasteiger partial charge in [-0.25, -0.2) is 4.39 Å². The van der Waals surface area contributed by atoms with E-state index in [2.05, 4.69) is 24.1 Å². The Kier molecular flexibility index (Phi) is 4.75. The molecule has 106 valence electrons. The molecule has 0 aliphatic heterocycles. The first kappa shape index (κ1) is 14.5. The molecule has 1 aliphatic carbocycles. The smallest absolute Gasteiger partial charge is 0.227 e. The molecular weight excluding hydrogens is 255 g/mol. The van der Waals surface area contributed by atoms with E-state index >= 15 is 0 Å². The topological polar surface area (TPSA) is 55.1 Å². The van der Waals surface area contributed by atoms with Crippen LogP contribution in [0.2, 0.25) is 0 Å². The lowest BCUT2D eigenvalue weighted by Gasteiger charge is -2.16. The molecule has 0 aromatic heterocycles. The summed E-state index contributed by atoms with van der Waals surface area (Å²) in [5, 5.41) is 2.87. The number of carbonyl (C=O) groups is 1. The van der Waals surface area contributed by atoms with Crippen molar-refractivity contribution < 1.29 is 9.18 Å². The predicted octanol–water partition coefficient (Wildman–Crippen LogP) is 2.51. The van der Waals surface area contributed by atoms with Crippen molar-refractivity contribution in [2.24, 2.45) is 17.6 Å². The van der Waals surface area contributed by atoms with Crippen LogP contribution in [0.15, 0.2) is 18.2 Å². The lowest BCUT2D eigenvalue weighted by Crippen LogP contribution is -2.25. The Morgan fingerprint density at radius 3 is 2.95 bits per heavy atom. The minimum Gasteiger partial charge on any atom is -0.325 e. The first-order valence-corrected chi connectivity index (χ1v) is 6.91. The number of nitrogens with one attached hydrogen (secondary N) is 1. The molecule has 1 saturated carbocycles. The molecule has 3 nitrogen and oxygen atoms in total. The molecular formula is C16H19FN2O. The second-order valence-electron chi connectivity index (χ2n) is 5.20. The summed E-state index contributed by atoms with van der Waals surface area (Å²) in [6, 6.07) is 4.19. The predicted molar refractivity (Wildman–Crippen MR) is 77.5 cm³/mol. The molecule has 1 fully saturated rings. The largest absolute Gasteiger partial charge is 0.325 e. The molecule has 1 aromatic rings. The number of halogens is 1. The van der Waals surface area contributed by atoms with Crippen LogP contribution in [0.5, 0.6) is 0 Å².